The van der Waals surface area contributed by atoms with Gasteiger partial charge < -0.3 is 11.1 Å². The lowest BCUT2D eigenvalue weighted by molar-refractivity contribution is -0.115. The Morgan fingerprint density at radius 1 is 1.40 bits per heavy atom. The molecule has 1 aromatic carbocycles. The third kappa shape index (κ3) is 3.91. The highest BCUT2D eigenvalue weighted by molar-refractivity contribution is 7.87. The predicted octanol–water partition coefficient (Wildman–Crippen LogP) is 2.78. The van der Waals surface area contributed by atoms with Crippen LogP contribution in [0, 0.1) is 6.92 Å². The van der Waals surface area contributed by atoms with Crippen molar-refractivity contribution in [2.75, 3.05) is 16.8 Å². The monoisotopic (exact) mass is 308 g/mol. The number of hydrogen-bond acceptors (Lipinski definition) is 4. The Balaban J connectivity index is 1.88. The minimum atomic E-state index is -1.10. The summed E-state index contributed by atoms with van der Waals surface area (Å²) in [4.78, 5) is 11.9. The molecule has 0 saturated heterocycles. The topological polar surface area (TPSA) is 72.2 Å². The maximum absolute atomic E-state index is 11.9. The average Bonchev–Trinajstić information content (AvgIpc) is 2.93. The molecule has 0 aliphatic heterocycles. The Morgan fingerprint density at radius 2 is 2.20 bits per heavy atom. The Bertz CT molecular complexity index is 624. The molecule has 0 spiro atoms. The fourth-order valence-corrected chi connectivity index (χ4v) is 3.82. The van der Waals surface area contributed by atoms with Crippen LogP contribution in [0.3, 0.4) is 0 Å². The average molecular weight is 308 g/mol. The molecule has 3 N–H and O–H groups in total. The SMILES string of the molecule is Cc1cc(N)ccc1NC(=O)CCS(=O)c1cccs1. The number of anilines is 2. The second kappa shape index (κ2) is 6.67. The van der Waals surface area contributed by atoms with E-state index in [1.54, 1.807) is 18.2 Å². The lowest BCUT2D eigenvalue weighted by atomic mass is 10.2. The number of amides is 1. The molecule has 20 heavy (non-hydrogen) atoms. The number of nitrogens with one attached hydrogen (secondary N) is 1. The molecule has 6 heteroatoms. The summed E-state index contributed by atoms with van der Waals surface area (Å²) >= 11 is 1.44. The van der Waals surface area contributed by atoms with Crippen LogP contribution in [0.2, 0.25) is 0 Å². The molecular formula is C14H16N2O2S2. The molecule has 1 aromatic heterocycles. The standard InChI is InChI=1S/C14H16N2O2S2/c1-10-9-11(15)4-5-12(10)16-13(17)6-8-20(18)14-3-2-7-19-14/h2-5,7,9H,6,8,15H2,1H3,(H,16,17). The minimum absolute atomic E-state index is 0.136. The third-order valence-corrected chi connectivity index (χ3v) is 5.43. The lowest BCUT2D eigenvalue weighted by Crippen LogP contribution is -2.15. The highest BCUT2D eigenvalue weighted by Crippen LogP contribution is 2.18. The molecule has 2 rings (SSSR count). The van der Waals surface area contributed by atoms with Crippen LogP contribution in [0.15, 0.2) is 39.9 Å². The van der Waals surface area contributed by atoms with E-state index in [2.05, 4.69) is 5.32 Å². The predicted molar refractivity (Wildman–Crippen MR) is 84.4 cm³/mol. The molecule has 0 radical (unpaired) electrons. The lowest BCUT2D eigenvalue weighted by Gasteiger charge is -2.08. The molecule has 4 nitrogen and oxygen atoms in total. The molecule has 0 aliphatic rings. The summed E-state index contributed by atoms with van der Waals surface area (Å²) in [5.41, 5.74) is 7.98. The fraction of sp³-hybridized carbons (Fsp3) is 0.214. The van der Waals surface area contributed by atoms with Crippen LogP contribution in [-0.2, 0) is 15.6 Å². The molecule has 0 saturated carbocycles. The molecule has 1 amide bonds. The van der Waals surface area contributed by atoms with Crippen molar-refractivity contribution in [3.05, 3.63) is 41.3 Å². The van der Waals surface area contributed by atoms with Gasteiger partial charge in [0.05, 0.1) is 15.0 Å². The van der Waals surface area contributed by atoms with E-state index in [0.29, 0.717) is 11.4 Å². The van der Waals surface area contributed by atoms with Gasteiger partial charge >= 0.3 is 0 Å². The first-order valence-electron chi connectivity index (χ1n) is 6.14. The molecule has 0 bridgehead atoms. The van der Waals surface area contributed by atoms with Gasteiger partial charge in [-0.15, -0.1) is 11.3 Å². The number of carbonyl (C=O) groups is 1. The summed E-state index contributed by atoms with van der Waals surface area (Å²) in [5, 5.41) is 4.69. The van der Waals surface area contributed by atoms with Gasteiger partial charge in [-0.05, 0) is 42.1 Å². The Morgan fingerprint density at radius 3 is 2.85 bits per heavy atom. The first kappa shape index (κ1) is 14.7. The quantitative estimate of drug-likeness (QED) is 0.834. The third-order valence-electron chi connectivity index (χ3n) is 2.76. The van der Waals surface area contributed by atoms with Crippen molar-refractivity contribution in [2.24, 2.45) is 0 Å². The zero-order chi connectivity index (χ0) is 14.5. The van der Waals surface area contributed by atoms with Crippen molar-refractivity contribution in [3.8, 4) is 0 Å². The zero-order valence-corrected chi connectivity index (χ0v) is 12.7. The molecule has 1 atom stereocenters. The number of thiophene rings is 1. The van der Waals surface area contributed by atoms with E-state index in [1.165, 1.54) is 11.3 Å². The number of carbonyl (C=O) groups excluding carboxylic acids is 1. The molecule has 2 aromatic rings. The van der Waals surface area contributed by atoms with E-state index in [9.17, 15) is 9.00 Å². The van der Waals surface area contributed by atoms with E-state index in [1.807, 2.05) is 24.4 Å². The molecular weight excluding hydrogens is 292 g/mol. The summed E-state index contributed by atoms with van der Waals surface area (Å²) in [6.45, 7) is 1.88. The van der Waals surface area contributed by atoms with E-state index in [4.69, 9.17) is 5.73 Å². The number of nitrogens with two attached hydrogens (primary N) is 1. The van der Waals surface area contributed by atoms with Crippen LogP contribution in [0.4, 0.5) is 11.4 Å². The van der Waals surface area contributed by atoms with Gasteiger partial charge in [0.1, 0.15) is 0 Å². The second-order valence-corrected chi connectivity index (χ2v) is 7.10. The number of nitrogen functional groups attached to an aromatic ring is 1. The highest BCUT2D eigenvalue weighted by atomic mass is 32.2. The van der Waals surface area contributed by atoms with Crippen molar-refractivity contribution >= 4 is 39.4 Å². The minimum Gasteiger partial charge on any atom is -0.399 e. The summed E-state index contributed by atoms with van der Waals surface area (Å²) in [7, 11) is -1.10. The van der Waals surface area contributed by atoms with Gasteiger partial charge in [-0.1, -0.05) is 6.07 Å². The van der Waals surface area contributed by atoms with Gasteiger partial charge in [-0.3, -0.25) is 9.00 Å². The van der Waals surface area contributed by atoms with Crippen LogP contribution in [-0.4, -0.2) is 15.9 Å². The molecule has 0 aliphatic carbocycles. The summed E-state index contributed by atoms with van der Waals surface area (Å²) in [6.07, 6.45) is 0.230. The van der Waals surface area contributed by atoms with Gasteiger partial charge in [0, 0.05) is 23.5 Å². The largest absolute Gasteiger partial charge is 0.399 e. The van der Waals surface area contributed by atoms with Crippen molar-refractivity contribution in [3.63, 3.8) is 0 Å². The van der Waals surface area contributed by atoms with Crippen molar-refractivity contribution < 1.29 is 9.00 Å². The Kier molecular flexibility index (Phi) is 4.92. The fourth-order valence-electron chi connectivity index (χ4n) is 1.72. The Labute approximate surface area is 124 Å². The van der Waals surface area contributed by atoms with E-state index >= 15 is 0 Å². The van der Waals surface area contributed by atoms with Gasteiger partial charge in [-0.2, -0.15) is 0 Å². The molecule has 1 unspecified atom stereocenters. The van der Waals surface area contributed by atoms with Crippen LogP contribution < -0.4 is 11.1 Å². The number of benzene rings is 1. The number of aryl methyl sites for hydroxylation is 1. The first-order chi connectivity index (χ1) is 9.56. The van der Waals surface area contributed by atoms with Gasteiger partial charge in [0.15, 0.2) is 0 Å². The summed E-state index contributed by atoms with van der Waals surface area (Å²) < 4.78 is 12.7. The van der Waals surface area contributed by atoms with Crippen LogP contribution >= 0.6 is 11.3 Å². The Hall–Kier alpha value is -1.66. The number of hydrogen-bond donors (Lipinski definition) is 2. The normalized spacial score (nSPS) is 12.1. The summed E-state index contributed by atoms with van der Waals surface area (Å²) in [5.74, 6) is 0.197. The maximum atomic E-state index is 11.9. The van der Waals surface area contributed by atoms with Crippen molar-refractivity contribution in [1.29, 1.82) is 0 Å². The maximum Gasteiger partial charge on any atom is 0.225 e. The first-order valence-corrected chi connectivity index (χ1v) is 8.34. The number of rotatable bonds is 5. The second-order valence-electron chi connectivity index (χ2n) is 4.35. The van der Waals surface area contributed by atoms with Gasteiger partial charge in [0.25, 0.3) is 0 Å². The smallest absolute Gasteiger partial charge is 0.225 e. The zero-order valence-electron chi connectivity index (χ0n) is 11.1. The van der Waals surface area contributed by atoms with Crippen LogP contribution in [0.5, 0.6) is 0 Å². The van der Waals surface area contributed by atoms with Gasteiger partial charge in [0.2, 0.25) is 5.91 Å². The highest BCUT2D eigenvalue weighted by Gasteiger charge is 2.09. The van der Waals surface area contributed by atoms with E-state index in [-0.39, 0.29) is 12.3 Å². The molecule has 106 valence electrons. The molecule has 0 fully saturated rings. The van der Waals surface area contributed by atoms with E-state index < -0.39 is 10.8 Å². The van der Waals surface area contributed by atoms with E-state index in [0.717, 1.165) is 15.5 Å². The van der Waals surface area contributed by atoms with Crippen LogP contribution in [0.25, 0.3) is 0 Å². The van der Waals surface area contributed by atoms with Crippen LogP contribution in [0.1, 0.15) is 12.0 Å². The van der Waals surface area contributed by atoms with Gasteiger partial charge in [-0.25, -0.2) is 0 Å². The summed E-state index contributed by atoms with van der Waals surface area (Å²) in [6, 6.07) is 9.00. The molecule has 1 heterocycles. The van der Waals surface area contributed by atoms with Crippen molar-refractivity contribution in [1.82, 2.24) is 0 Å². The van der Waals surface area contributed by atoms with Crippen molar-refractivity contribution in [2.45, 2.75) is 17.6 Å².